The first-order valence-corrected chi connectivity index (χ1v) is 2.50. The molecule has 46 valence electrons. The second-order valence-electron chi connectivity index (χ2n) is 1.61. The largest absolute Gasteiger partial charge is 0.440 e. The van der Waals surface area contributed by atoms with Crippen LogP contribution in [0.1, 0.15) is 0 Å². The number of hydrogen-bond donors (Lipinski definition) is 0. The first-order chi connectivity index (χ1) is 4.47. The van der Waals surface area contributed by atoms with E-state index in [1.807, 2.05) is 0 Å². The minimum atomic E-state index is 0. The molecule has 0 aliphatic heterocycles. The molecule has 4 nitrogen and oxygen atoms in total. The summed E-state index contributed by atoms with van der Waals surface area (Å²) in [7, 11) is 0. The Morgan fingerprint density at radius 3 is 3.00 bits per heavy atom. The van der Waals surface area contributed by atoms with Crippen molar-refractivity contribution in [3.8, 4) is 0 Å². The van der Waals surface area contributed by atoms with Gasteiger partial charge in [-0.25, -0.2) is 9.97 Å². The standard InChI is InChI=1S/C5H3N4.Rf/c1-4-5(8-2-6-1)9-3-7-4;/h1-3H;/q-1;. The maximum absolute atomic E-state index is 3.88. The summed E-state index contributed by atoms with van der Waals surface area (Å²) in [6.07, 6.45) is 4.56. The van der Waals surface area contributed by atoms with Crippen molar-refractivity contribution in [2.75, 3.05) is 0 Å². The van der Waals surface area contributed by atoms with Crippen LogP contribution in [-0.2, 0) is 0 Å². The van der Waals surface area contributed by atoms with Crippen LogP contribution in [0.15, 0.2) is 18.9 Å². The molecule has 2 aromatic heterocycles. The second-order valence-corrected chi connectivity index (χ2v) is 1.61. The van der Waals surface area contributed by atoms with Crippen molar-refractivity contribution in [1.29, 1.82) is 0 Å². The summed E-state index contributed by atoms with van der Waals surface area (Å²) >= 11 is 0. The maximum atomic E-state index is 3.88. The summed E-state index contributed by atoms with van der Waals surface area (Å²) in [4.78, 5) is 15.4. The molecule has 0 fully saturated rings. The Morgan fingerprint density at radius 1 is 1.30 bits per heavy atom. The quantitative estimate of drug-likeness (QED) is 0.639. The van der Waals surface area contributed by atoms with Gasteiger partial charge >= 0.3 is 0 Å². The summed E-state index contributed by atoms with van der Waals surface area (Å²) in [5.74, 6) is 0. The van der Waals surface area contributed by atoms with Gasteiger partial charge in [0.15, 0.2) is 0 Å². The molecule has 0 unspecified atom stereocenters. The molecule has 0 saturated heterocycles. The van der Waals surface area contributed by atoms with E-state index in [0.29, 0.717) is 5.65 Å². The van der Waals surface area contributed by atoms with E-state index >= 15 is 0 Å². The molecule has 0 aromatic carbocycles. The van der Waals surface area contributed by atoms with E-state index in [1.165, 1.54) is 12.7 Å². The molecule has 0 aliphatic rings. The van der Waals surface area contributed by atoms with Crippen LogP contribution in [-0.4, -0.2) is 15.0 Å². The monoisotopic (exact) mass is 386 g/mol. The minimum Gasteiger partial charge on any atom is -0.440 e. The number of imidazole rings is 1. The molecule has 0 saturated carbocycles. The van der Waals surface area contributed by atoms with Gasteiger partial charge in [0.05, 0.1) is 5.65 Å². The van der Waals surface area contributed by atoms with Crippen molar-refractivity contribution in [3.05, 3.63) is 18.9 Å². The average Bonchev–Trinajstić information content (AvgIpc) is 2.33. The molecular weight excluding hydrogens is 383 g/mol. The van der Waals surface area contributed by atoms with Crippen LogP contribution in [0.5, 0.6) is 0 Å². The van der Waals surface area contributed by atoms with E-state index in [0.717, 1.165) is 5.52 Å². The Labute approximate surface area is 51.0 Å². The number of aromatic nitrogens is 4. The SMILES string of the molecule is [Rf].c1ncc2[n-]cnc2n1. The average molecular weight is 386 g/mol. The van der Waals surface area contributed by atoms with E-state index in [-0.39, 0.29) is 0 Å². The van der Waals surface area contributed by atoms with E-state index in [4.69, 9.17) is 0 Å². The topological polar surface area (TPSA) is 52.8 Å². The fourth-order valence-electron chi connectivity index (χ4n) is 0.652. The Hall–Kier alpha value is -2.45. The van der Waals surface area contributed by atoms with E-state index in [9.17, 15) is 0 Å². The molecule has 0 radical (unpaired) electrons. The van der Waals surface area contributed by atoms with Crippen LogP contribution in [0.4, 0.5) is 0 Å². The predicted octanol–water partition coefficient (Wildman–Crippen LogP) is -0.0180. The van der Waals surface area contributed by atoms with Gasteiger partial charge in [0, 0.05) is 6.20 Å². The van der Waals surface area contributed by atoms with E-state index in [1.54, 1.807) is 6.20 Å². The van der Waals surface area contributed by atoms with Crippen molar-refractivity contribution < 1.29 is 0 Å². The number of nitrogens with zero attached hydrogens (tertiary/aromatic N) is 4. The molecule has 2 rings (SSSR count). The van der Waals surface area contributed by atoms with Gasteiger partial charge in [-0.05, 0) is 5.52 Å². The molecule has 2 heterocycles. The van der Waals surface area contributed by atoms with Gasteiger partial charge in [-0.2, -0.15) is 0 Å². The minimum absolute atomic E-state index is 0. The molecule has 0 bridgehead atoms. The third-order valence-electron chi connectivity index (χ3n) is 1.05. The molecule has 5 heteroatoms. The van der Waals surface area contributed by atoms with Crippen molar-refractivity contribution in [2.45, 2.75) is 0 Å². The Bertz CT molecular complexity index is 288. The zero-order valence-electron chi connectivity index (χ0n) is 5.23. The normalized spacial score (nSPS) is 9.20. The molecule has 0 aliphatic carbocycles. The molecule has 0 N–H and O–H groups in total. The second kappa shape index (κ2) is 1.81. The molecule has 0 spiro atoms. The van der Waals surface area contributed by atoms with E-state index in [2.05, 4.69) is 19.9 Å². The smallest absolute Gasteiger partial charge is 0.115 e. The first-order valence-electron chi connectivity index (χ1n) is 2.50. The van der Waals surface area contributed by atoms with Gasteiger partial charge in [-0.3, -0.25) is 0 Å². The van der Waals surface area contributed by atoms with Gasteiger partial charge in [-0.1, -0.05) is 6.33 Å². The molecule has 2 aromatic rings. The molecule has 0 amide bonds. The van der Waals surface area contributed by atoms with Crippen LogP contribution in [0.25, 0.3) is 11.2 Å². The fourth-order valence-corrected chi connectivity index (χ4v) is 0.652. The Balaban J connectivity index is 0.000000500. The predicted molar refractivity (Wildman–Crippen MR) is 30.7 cm³/mol. The summed E-state index contributed by atoms with van der Waals surface area (Å²) < 4.78 is 0. The summed E-state index contributed by atoms with van der Waals surface area (Å²) in [6, 6.07) is 0. The third kappa shape index (κ3) is 0.543. The van der Waals surface area contributed by atoms with Crippen molar-refractivity contribution in [1.82, 2.24) is 19.9 Å². The van der Waals surface area contributed by atoms with Crippen LogP contribution < -0.4 is 4.98 Å². The Kier molecular flexibility index (Phi) is 1.03. The zero-order chi connectivity index (χ0) is 6.10. The maximum Gasteiger partial charge on any atom is 0.115 e. The van der Waals surface area contributed by atoms with E-state index < -0.39 is 0 Å². The zero-order valence-corrected chi connectivity index (χ0v) is 11.6. The van der Waals surface area contributed by atoms with Gasteiger partial charge in [0.2, 0.25) is 0 Å². The van der Waals surface area contributed by atoms with Crippen LogP contribution in [0.3, 0.4) is 0 Å². The van der Waals surface area contributed by atoms with Gasteiger partial charge in [0.1, 0.15) is 6.33 Å². The van der Waals surface area contributed by atoms with Gasteiger partial charge in [-0.15, -0.1) is 0 Å². The summed E-state index contributed by atoms with van der Waals surface area (Å²) in [5.41, 5.74) is 1.41. The van der Waals surface area contributed by atoms with Crippen LogP contribution >= 0.6 is 0 Å². The summed E-state index contributed by atoms with van der Waals surface area (Å²) in [6.45, 7) is 0. The van der Waals surface area contributed by atoms with Crippen LogP contribution in [0.2, 0.25) is 0 Å². The van der Waals surface area contributed by atoms with Gasteiger partial charge < -0.3 is 9.97 Å². The van der Waals surface area contributed by atoms with Crippen molar-refractivity contribution in [2.24, 2.45) is 0 Å². The molecule has 0 atom stereocenters. The fraction of sp³-hybridized carbons (Fsp3) is 0. The molecular formula is C5H3N4Rf-. The number of rotatable bonds is 0. The van der Waals surface area contributed by atoms with Crippen molar-refractivity contribution in [3.63, 3.8) is 0 Å². The third-order valence-corrected chi connectivity index (χ3v) is 1.05. The number of hydrogen-bond acceptors (Lipinski definition) is 3. The van der Waals surface area contributed by atoms with Crippen LogP contribution in [0, 0.1) is 0 Å². The molecule has 10 heavy (non-hydrogen) atoms. The number of fused-ring (bicyclic) bond motifs is 1. The first kappa shape index (κ1) is 5.68. The Morgan fingerprint density at radius 2 is 2.20 bits per heavy atom. The van der Waals surface area contributed by atoms with Gasteiger partial charge in [0.25, 0.3) is 0 Å². The van der Waals surface area contributed by atoms with Crippen molar-refractivity contribution >= 4 is 11.2 Å². The summed E-state index contributed by atoms with van der Waals surface area (Å²) in [5, 5.41) is 0.